The number of hydrogen-bond donors (Lipinski definition) is 1. The van der Waals surface area contributed by atoms with Crippen molar-refractivity contribution in [2.24, 2.45) is 0 Å². The standard InChI is InChI=1S/C21H21ClF2N4O2S/c1-30-19-13(22)5-6-16-18(19)26-21(31-16)28-11-9-27(10-12-28)8-7-25-20(29)17-14(23)3-2-4-15(17)24/h2-6H,7-12H2,1H3,(H,25,29). The van der Waals surface area contributed by atoms with Crippen LogP contribution in [0.3, 0.4) is 0 Å². The number of halogens is 3. The molecule has 164 valence electrons. The SMILES string of the molecule is COc1c(Cl)ccc2sc(N3CCN(CCNC(=O)c4c(F)cccc4F)CC3)nc12. The smallest absolute Gasteiger partial charge is 0.257 e. The fourth-order valence-electron chi connectivity index (χ4n) is 3.56. The number of amides is 1. The summed E-state index contributed by atoms with van der Waals surface area (Å²) < 4.78 is 33.8. The molecule has 1 N–H and O–H groups in total. The Morgan fingerprint density at radius 3 is 2.58 bits per heavy atom. The first-order valence-corrected chi connectivity index (χ1v) is 11.0. The molecule has 1 fully saturated rings. The Kier molecular flexibility index (Phi) is 6.54. The first kappa shape index (κ1) is 21.7. The maximum absolute atomic E-state index is 13.7. The van der Waals surface area contributed by atoms with Gasteiger partial charge in [-0.3, -0.25) is 9.69 Å². The minimum absolute atomic E-state index is 0.309. The second kappa shape index (κ2) is 9.33. The molecular formula is C21H21ClF2N4O2S. The number of carbonyl (C=O) groups excluding carboxylic acids is 1. The van der Waals surface area contributed by atoms with Crippen LogP contribution in [0.25, 0.3) is 10.2 Å². The van der Waals surface area contributed by atoms with E-state index >= 15 is 0 Å². The number of hydrogen-bond acceptors (Lipinski definition) is 6. The molecular weight excluding hydrogens is 446 g/mol. The summed E-state index contributed by atoms with van der Waals surface area (Å²) in [5.41, 5.74) is 0.221. The molecule has 4 rings (SSSR count). The molecule has 0 atom stereocenters. The molecule has 1 saturated heterocycles. The Morgan fingerprint density at radius 1 is 1.19 bits per heavy atom. The highest BCUT2D eigenvalue weighted by Gasteiger charge is 2.22. The van der Waals surface area contributed by atoms with Crippen LogP contribution in [0, 0.1) is 11.6 Å². The fraction of sp³-hybridized carbons (Fsp3) is 0.333. The fourth-order valence-corrected chi connectivity index (χ4v) is 4.80. The average Bonchev–Trinajstić information content (AvgIpc) is 3.18. The zero-order valence-electron chi connectivity index (χ0n) is 16.8. The van der Waals surface area contributed by atoms with Crippen molar-refractivity contribution in [2.75, 3.05) is 51.3 Å². The van der Waals surface area contributed by atoms with Crippen molar-refractivity contribution in [1.29, 1.82) is 0 Å². The second-order valence-corrected chi connectivity index (χ2v) is 8.52. The number of benzene rings is 2. The molecule has 3 aromatic rings. The van der Waals surface area contributed by atoms with E-state index in [0.717, 1.165) is 53.7 Å². The Labute approximate surface area is 187 Å². The Morgan fingerprint density at radius 2 is 1.90 bits per heavy atom. The molecule has 1 aromatic heterocycles. The number of ether oxygens (including phenoxy) is 1. The van der Waals surface area contributed by atoms with E-state index in [9.17, 15) is 13.6 Å². The molecule has 0 bridgehead atoms. The summed E-state index contributed by atoms with van der Waals surface area (Å²) in [6.45, 7) is 4.05. The lowest BCUT2D eigenvalue weighted by Crippen LogP contribution is -2.48. The van der Waals surface area contributed by atoms with E-state index in [1.54, 1.807) is 18.4 Å². The van der Waals surface area contributed by atoms with Gasteiger partial charge in [-0.05, 0) is 24.3 Å². The van der Waals surface area contributed by atoms with E-state index < -0.39 is 23.1 Å². The molecule has 0 radical (unpaired) electrons. The van der Waals surface area contributed by atoms with Crippen LogP contribution in [0.2, 0.25) is 5.02 Å². The maximum Gasteiger partial charge on any atom is 0.257 e. The van der Waals surface area contributed by atoms with Crippen molar-refractivity contribution in [1.82, 2.24) is 15.2 Å². The molecule has 1 aliphatic heterocycles. The molecule has 2 heterocycles. The monoisotopic (exact) mass is 466 g/mol. The van der Waals surface area contributed by atoms with E-state index in [2.05, 4.69) is 15.1 Å². The molecule has 0 aliphatic carbocycles. The minimum Gasteiger partial charge on any atom is -0.493 e. The van der Waals surface area contributed by atoms with Gasteiger partial charge in [-0.1, -0.05) is 29.0 Å². The highest BCUT2D eigenvalue weighted by atomic mass is 35.5. The normalized spacial score (nSPS) is 14.8. The van der Waals surface area contributed by atoms with E-state index in [0.29, 0.717) is 23.9 Å². The van der Waals surface area contributed by atoms with Crippen molar-refractivity contribution in [3.05, 3.63) is 52.6 Å². The lowest BCUT2D eigenvalue weighted by Gasteiger charge is -2.34. The van der Waals surface area contributed by atoms with Gasteiger partial charge in [-0.15, -0.1) is 0 Å². The summed E-state index contributed by atoms with van der Waals surface area (Å²) in [7, 11) is 1.58. The molecule has 6 nitrogen and oxygen atoms in total. The van der Waals surface area contributed by atoms with Crippen molar-refractivity contribution >= 4 is 44.2 Å². The van der Waals surface area contributed by atoms with Crippen LogP contribution in [0.4, 0.5) is 13.9 Å². The zero-order valence-corrected chi connectivity index (χ0v) is 18.4. The number of nitrogens with zero attached hydrogens (tertiary/aromatic N) is 3. The van der Waals surface area contributed by atoms with Crippen LogP contribution in [-0.2, 0) is 0 Å². The number of nitrogens with one attached hydrogen (secondary N) is 1. The molecule has 10 heteroatoms. The molecule has 0 spiro atoms. The highest BCUT2D eigenvalue weighted by Crippen LogP contribution is 2.38. The lowest BCUT2D eigenvalue weighted by molar-refractivity contribution is 0.0939. The lowest BCUT2D eigenvalue weighted by atomic mass is 10.2. The van der Waals surface area contributed by atoms with Gasteiger partial charge in [0.2, 0.25) is 0 Å². The Balaban J connectivity index is 1.30. The molecule has 0 unspecified atom stereocenters. The van der Waals surface area contributed by atoms with Gasteiger partial charge in [0.25, 0.3) is 5.91 Å². The van der Waals surface area contributed by atoms with Crippen LogP contribution in [0.15, 0.2) is 30.3 Å². The number of aromatic nitrogens is 1. The number of piperazine rings is 1. The van der Waals surface area contributed by atoms with Crippen LogP contribution in [0.1, 0.15) is 10.4 Å². The minimum atomic E-state index is -0.861. The van der Waals surface area contributed by atoms with Crippen LogP contribution < -0.4 is 15.0 Å². The van der Waals surface area contributed by atoms with Crippen LogP contribution in [0.5, 0.6) is 5.75 Å². The first-order chi connectivity index (χ1) is 15.0. The van der Waals surface area contributed by atoms with E-state index in [1.165, 1.54) is 6.07 Å². The zero-order chi connectivity index (χ0) is 22.0. The number of rotatable bonds is 6. The quantitative estimate of drug-likeness (QED) is 0.599. The number of methoxy groups -OCH3 is 1. The molecule has 2 aromatic carbocycles. The topological polar surface area (TPSA) is 57.7 Å². The van der Waals surface area contributed by atoms with Gasteiger partial charge < -0.3 is 15.0 Å². The Hall–Kier alpha value is -2.49. The number of anilines is 1. The van der Waals surface area contributed by atoms with Gasteiger partial charge in [-0.2, -0.15) is 0 Å². The highest BCUT2D eigenvalue weighted by molar-refractivity contribution is 7.22. The summed E-state index contributed by atoms with van der Waals surface area (Å²) in [6, 6.07) is 7.13. The second-order valence-electron chi connectivity index (χ2n) is 7.11. The summed E-state index contributed by atoms with van der Waals surface area (Å²) in [6.07, 6.45) is 0. The predicted molar refractivity (Wildman–Crippen MR) is 119 cm³/mol. The summed E-state index contributed by atoms with van der Waals surface area (Å²) in [5, 5.41) is 4.05. The van der Waals surface area contributed by atoms with Gasteiger partial charge in [0.1, 0.15) is 22.7 Å². The van der Waals surface area contributed by atoms with E-state index in [-0.39, 0.29) is 0 Å². The molecule has 0 saturated carbocycles. The third kappa shape index (κ3) is 4.58. The predicted octanol–water partition coefficient (Wildman–Crippen LogP) is 3.79. The van der Waals surface area contributed by atoms with E-state index in [1.807, 2.05) is 12.1 Å². The third-order valence-electron chi connectivity index (χ3n) is 5.21. The van der Waals surface area contributed by atoms with Gasteiger partial charge in [0.05, 0.1) is 16.8 Å². The van der Waals surface area contributed by atoms with Crippen molar-refractivity contribution in [2.45, 2.75) is 0 Å². The number of carbonyl (C=O) groups is 1. The summed E-state index contributed by atoms with van der Waals surface area (Å²) in [4.78, 5) is 21.2. The largest absolute Gasteiger partial charge is 0.493 e. The van der Waals surface area contributed by atoms with Crippen molar-refractivity contribution < 1.29 is 18.3 Å². The molecule has 31 heavy (non-hydrogen) atoms. The Bertz CT molecular complexity index is 1080. The first-order valence-electron chi connectivity index (χ1n) is 9.80. The van der Waals surface area contributed by atoms with E-state index in [4.69, 9.17) is 21.3 Å². The average molecular weight is 467 g/mol. The third-order valence-corrected chi connectivity index (χ3v) is 6.58. The summed E-state index contributed by atoms with van der Waals surface area (Å²) >= 11 is 7.79. The summed E-state index contributed by atoms with van der Waals surface area (Å²) in [5.74, 6) is -1.88. The van der Waals surface area contributed by atoms with Gasteiger partial charge in [0.15, 0.2) is 10.9 Å². The van der Waals surface area contributed by atoms with Gasteiger partial charge >= 0.3 is 0 Å². The maximum atomic E-state index is 13.7. The van der Waals surface area contributed by atoms with Crippen LogP contribution >= 0.6 is 22.9 Å². The molecule has 1 aliphatic rings. The number of thiazole rings is 1. The van der Waals surface area contributed by atoms with Crippen molar-refractivity contribution in [3.63, 3.8) is 0 Å². The molecule has 1 amide bonds. The van der Waals surface area contributed by atoms with Crippen LogP contribution in [-0.4, -0.2) is 62.2 Å². The van der Waals surface area contributed by atoms with Gasteiger partial charge in [0, 0.05) is 39.3 Å². The van der Waals surface area contributed by atoms with Gasteiger partial charge in [-0.25, -0.2) is 13.8 Å². The van der Waals surface area contributed by atoms with Crippen molar-refractivity contribution in [3.8, 4) is 5.75 Å². The number of fused-ring (bicyclic) bond motifs is 1.